The minimum atomic E-state index is -0.801. The van der Waals surface area contributed by atoms with E-state index in [9.17, 15) is 14.4 Å². The van der Waals surface area contributed by atoms with Crippen LogP contribution in [0.5, 0.6) is 5.75 Å². The highest BCUT2D eigenvalue weighted by Gasteiger charge is 2.36. The average Bonchev–Trinajstić information content (AvgIpc) is 2.61. The van der Waals surface area contributed by atoms with Gasteiger partial charge in [0.2, 0.25) is 0 Å². The molecule has 1 heterocycles. The second-order valence-corrected chi connectivity index (χ2v) is 6.88. The number of imide groups is 2. The smallest absolute Gasteiger partial charge is 0.335 e. The molecular formula is C19H14BrClN2O4. The van der Waals surface area contributed by atoms with Crippen molar-refractivity contribution in [2.24, 2.45) is 0 Å². The molecule has 8 heteroatoms. The summed E-state index contributed by atoms with van der Waals surface area (Å²) in [5.41, 5.74) is 0.704. The first-order valence-corrected chi connectivity index (χ1v) is 9.17. The monoisotopic (exact) mass is 448 g/mol. The van der Waals surface area contributed by atoms with E-state index >= 15 is 0 Å². The third kappa shape index (κ3) is 4.04. The molecule has 138 valence electrons. The molecule has 1 saturated heterocycles. The van der Waals surface area contributed by atoms with Crippen LogP contribution in [0.3, 0.4) is 0 Å². The van der Waals surface area contributed by atoms with Crippen LogP contribution in [0.1, 0.15) is 12.5 Å². The van der Waals surface area contributed by atoms with Gasteiger partial charge in [0.1, 0.15) is 11.3 Å². The molecule has 1 aliphatic heterocycles. The first-order valence-electron chi connectivity index (χ1n) is 8.00. The van der Waals surface area contributed by atoms with Gasteiger partial charge in [0.15, 0.2) is 0 Å². The van der Waals surface area contributed by atoms with Crippen molar-refractivity contribution in [3.63, 3.8) is 0 Å². The number of urea groups is 1. The van der Waals surface area contributed by atoms with Crippen LogP contribution in [0.25, 0.3) is 6.08 Å². The number of halogens is 2. The number of anilines is 1. The van der Waals surface area contributed by atoms with Crippen molar-refractivity contribution in [3.05, 3.63) is 63.1 Å². The summed E-state index contributed by atoms with van der Waals surface area (Å²) in [6, 6.07) is 10.8. The number of benzene rings is 2. The predicted molar refractivity (Wildman–Crippen MR) is 106 cm³/mol. The number of amides is 4. The molecule has 0 atom stereocenters. The lowest BCUT2D eigenvalue weighted by Crippen LogP contribution is -2.54. The van der Waals surface area contributed by atoms with Crippen LogP contribution in [0, 0.1) is 0 Å². The maximum atomic E-state index is 12.8. The summed E-state index contributed by atoms with van der Waals surface area (Å²) in [5, 5.41) is 2.54. The van der Waals surface area contributed by atoms with E-state index < -0.39 is 17.8 Å². The van der Waals surface area contributed by atoms with Gasteiger partial charge in [-0.2, -0.15) is 0 Å². The molecule has 1 aliphatic rings. The van der Waals surface area contributed by atoms with E-state index in [-0.39, 0.29) is 5.57 Å². The average molecular weight is 450 g/mol. The Bertz CT molecular complexity index is 974. The molecule has 2 aromatic rings. The quantitative estimate of drug-likeness (QED) is 0.561. The normalized spacial score (nSPS) is 15.9. The van der Waals surface area contributed by atoms with Crippen LogP contribution in [-0.2, 0) is 9.59 Å². The Morgan fingerprint density at radius 2 is 1.96 bits per heavy atom. The molecule has 0 saturated carbocycles. The molecule has 0 aromatic heterocycles. The van der Waals surface area contributed by atoms with Gasteiger partial charge in [0, 0.05) is 4.47 Å². The molecule has 6 nitrogen and oxygen atoms in total. The van der Waals surface area contributed by atoms with E-state index in [1.165, 1.54) is 6.08 Å². The number of hydrogen-bond donors (Lipinski definition) is 1. The molecule has 0 aliphatic carbocycles. The number of rotatable bonds is 4. The minimum Gasteiger partial charge on any atom is -0.492 e. The largest absolute Gasteiger partial charge is 0.492 e. The van der Waals surface area contributed by atoms with Gasteiger partial charge in [-0.25, -0.2) is 9.69 Å². The van der Waals surface area contributed by atoms with Gasteiger partial charge in [0.05, 0.1) is 17.3 Å². The Labute approximate surface area is 168 Å². The fourth-order valence-electron chi connectivity index (χ4n) is 2.55. The first-order chi connectivity index (χ1) is 12.9. The van der Waals surface area contributed by atoms with E-state index in [1.54, 1.807) is 42.5 Å². The molecular weight excluding hydrogens is 436 g/mol. The Morgan fingerprint density at radius 3 is 2.63 bits per heavy atom. The van der Waals surface area contributed by atoms with Gasteiger partial charge in [-0.15, -0.1) is 0 Å². The van der Waals surface area contributed by atoms with Crippen molar-refractivity contribution >= 4 is 57.1 Å². The summed E-state index contributed by atoms with van der Waals surface area (Å²) in [7, 11) is 0. The molecule has 0 spiro atoms. The summed E-state index contributed by atoms with van der Waals surface area (Å²) in [6.07, 6.45) is 1.39. The summed E-state index contributed by atoms with van der Waals surface area (Å²) in [6.45, 7) is 2.30. The zero-order valence-corrected chi connectivity index (χ0v) is 16.5. The van der Waals surface area contributed by atoms with Crippen LogP contribution >= 0.6 is 27.5 Å². The predicted octanol–water partition coefficient (Wildman–Crippen LogP) is 4.17. The number of nitrogens with one attached hydrogen (secondary N) is 1. The summed E-state index contributed by atoms with van der Waals surface area (Å²) in [4.78, 5) is 38.1. The van der Waals surface area contributed by atoms with E-state index in [0.717, 1.165) is 4.90 Å². The number of carbonyl (C=O) groups is 3. The third-order valence-corrected chi connectivity index (χ3v) is 4.52. The highest BCUT2D eigenvalue weighted by Crippen LogP contribution is 2.28. The second-order valence-electron chi connectivity index (χ2n) is 5.56. The Balaban J connectivity index is 1.98. The summed E-state index contributed by atoms with van der Waals surface area (Å²) in [5.74, 6) is -0.972. The van der Waals surface area contributed by atoms with Crippen LogP contribution in [0.2, 0.25) is 5.02 Å². The van der Waals surface area contributed by atoms with Gasteiger partial charge in [-0.05, 0) is 48.9 Å². The van der Waals surface area contributed by atoms with E-state index in [0.29, 0.717) is 33.1 Å². The number of carbonyl (C=O) groups excluding carboxylic acids is 3. The molecule has 27 heavy (non-hydrogen) atoms. The number of barbiturate groups is 1. The Morgan fingerprint density at radius 1 is 1.19 bits per heavy atom. The minimum absolute atomic E-state index is 0.171. The molecule has 2 aromatic carbocycles. The fourth-order valence-corrected chi connectivity index (χ4v) is 3.18. The lowest BCUT2D eigenvalue weighted by atomic mass is 10.1. The fraction of sp³-hybridized carbons (Fsp3) is 0.105. The molecule has 0 radical (unpaired) electrons. The van der Waals surface area contributed by atoms with Gasteiger partial charge in [0.25, 0.3) is 11.8 Å². The van der Waals surface area contributed by atoms with Crippen molar-refractivity contribution in [1.82, 2.24) is 5.32 Å². The van der Waals surface area contributed by atoms with Crippen LogP contribution in [0.15, 0.2) is 52.5 Å². The van der Waals surface area contributed by atoms with E-state index in [1.807, 2.05) is 6.92 Å². The molecule has 0 unspecified atom stereocenters. The molecule has 0 bridgehead atoms. The molecule has 3 rings (SSSR count). The van der Waals surface area contributed by atoms with Crippen LogP contribution in [-0.4, -0.2) is 24.5 Å². The van der Waals surface area contributed by atoms with Gasteiger partial charge in [-0.3, -0.25) is 14.9 Å². The lowest BCUT2D eigenvalue weighted by molar-refractivity contribution is -0.122. The maximum Gasteiger partial charge on any atom is 0.335 e. The highest BCUT2D eigenvalue weighted by molar-refractivity contribution is 9.10. The van der Waals surface area contributed by atoms with E-state index in [2.05, 4.69) is 21.2 Å². The van der Waals surface area contributed by atoms with Crippen molar-refractivity contribution in [2.45, 2.75) is 6.92 Å². The summed E-state index contributed by atoms with van der Waals surface area (Å²) < 4.78 is 6.06. The van der Waals surface area contributed by atoms with Crippen molar-refractivity contribution in [1.29, 1.82) is 0 Å². The maximum absolute atomic E-state index is 12.8. The number of hydrogen-bond acceptors (Lipinski definition) is 4. The third-order valence-electron chi connectivity index (χ3n) is 3.73. The topological polar surface area (TPSA) is 75.7 Å². The molecule has 1 N–H and O–H groups in total. The van der Waals surface area contributed by atoms with Crippen molar-refractivity contribution in [3.8, 4) is 5.75 Å². The number of ether oxygens (including phenoxy) is 1. The zero-order valence-electron chi connectivity index (χ0n) is 14.2. The van der Waals surface area contributed by atoms with Gasteiger partial charge >= 0.3 is 6.03 Å². The van der Waals surface area contributed by atoms with Gasteiger partial charge in [-0.1, -0.05) is 39.7 Å². The Kier molecular flexibility index (Phi) is 5.62. The van der Waals surface area contributed by atoms with E-state index in [4.69, 9.17) is 16.3 Å². The summed E-state index contributed by atoms with van der Waals surface area (Å²) >= 11 is 9.45. The zero-order chi connectivity index (χ0) is 19.6. The first kappa shape index (κ1) is 19.1. The second kappa shape index (κ2) is 7.94. The van der Waals surface area contributed by atoms with Crippen molar-refractivity contribution < 1.29 is 19.1 Å². The number of nitrogens with zero attached hydrogens (tertiary/aromatic N) is 1. The molecule has 4 amide bonds. The highest BCUT2D eigenvalue weighted by atomic mass is 79.9. The SMILES string of the molecule is CCOc1ccc(C=C2C(=O)NC(=O)N(c3cccc(Br)c3)C2=O)cc1Cl. The standard InChI is InChI=1S/C19H14BrClN2O4/c1-2-27-16-7-6-11(9-15(16)21)8-14-17(24)22-19(26)23(18(14)25)13-5-3-4-12(20)10-13/h3-10H,2H2,1H3,(H,22,24,26). The van der Waals surface area contributed by atoms with Crippen LogP contribution < -0.4 is 15.0 Å². The van der Waals surface area contributed by atoms with Crippen molar-refractivity contribution in [2.75, 3.05) is 11.5 Å². The molecule has 1 fully saturated rings. The Hall–Kier alpha value is -2.64. The van der Waals surface area contributed by atoms with Crippen LogP contribution in [0.4, 0.5) is 10.5 Å². The lowest BCUT2D eigenvalue weighted by Gasteiger charge is -2.26. The van der Waals surface area contributed by atoms with Gasteiger partial charge < -0.3 is 4.74 Å².